The summed E-state index contributed by atoms with van der Waals surface area (Å²) in [5, 5.41) is 12.8. The molecule has 0 radical (unpaired) electrons. The molecule has 0 spiro atoms. The summed E-state index contributed by atoms with van der Waals surface area (Å²) >= 11 is 1.36. The molecular formula is C19H19N5O3S. The van der Waals surface area contributed by atoms with Crippen LogP contribution in [0.5, 0.6) is 0 Å². The van der Waals surface area contributed by atoms with Crippen LogP contribution in [0.1, 0.15) is 33.3 Å². The molecule has 0 aliphatic heterocycles. The lowest BCUT2D eigenvalue weighted by Crippen LogP contribution is -2.07. The van der Waals surface area contributed by atoms with Crippen molar-refractivity contribution in [2.24, 2.45) is 0 Å². The smallest absolute Gasteiger partial charge is 0.191 e. The van der Waals surface area contributed by atoms with E-state index in [1.54, 1.807) is 12.6 Å². The van der Waals surface area contributed by atoms with Gasteiger partial charge in [0.25, 0.3) is 0 Å². The van der Waals surface area contributed by atoms with Gasteiger partial charge in [0.05, 0.1) is 18.6 Å². The van der Waals surface area contributed by atoms with Gasteiger partial charge in [-0.2, -0.15) is 0 Å². The minimum absolute atomic E-state index is 0.0251. The van der Waals surface area contributed by atoms with Crippen LogP contribution < -0.4 is 0 Å². The van der Waals surface area contributed by atoms with E-state index in [1.807, 2.05) is 54.2 Å². The Labute approximate surface area is 165 Å². The van der Waals surface area contributed by atoms with E-state index >= 15 is 0 Å². The van der Waals surface area contributed by atoms with Gasteiger partial charge in [-0.05, 0) is 39.0 Å². The first-order chi connectivity index (χ1) is 13.5. The van der Waals surface area contributed by atoms with Gasteiger partial charge in [0.2, 0.25) is 0 Å². The van der Waals surface area contributed by atoms with E-state index < -0.39 is 0 Å². The number of nitrogens with zero attached hydrogens (tertiary/aromatic N) is 5. The van der Waals surface area contributed by atoms with Gasteiger partial charge in [0.15, 0.2) is 16.8 Å². The Morgan fingerprint density at radius 2 is 2.11 bits per heavy atom. The zero-order chi connectivity index (χ0) is 19.7. The van der Waals surface area contributed by atoms with Crippen LogP contribution in [0, 0.1) is 20.8 Å². The summed E-state index contributed by atoms with van der Waals surface area (Å²) in [4.78, 5) is 12.8. The molecule has 9 heteroatoms. The Morgan fingerprint density at radius 1 is 1.25 bits per heavy atom. The van der Waals surface area contributed by atoms with E-state index in [0.29, 0.717) is 23.1 Å². The highest BCUT2D eigenvalue weighted by Gasteiger charge is 2.19. The molecule has 4 heterocycles. The molecule has 0 saturated carbocycles. The summed E-state index contributed by atoms with van der Waals surface area (Å²) in [5.41, 5.74) is 2.44. The number of ketones is 1. The van der Waals surface area contributed by atoms with Gasteiger partial charge in [0.1, 0.15) is 17.8 Å². The molecule has 0 saturated heterocycles. The van der Waals surface area contributed by atoms with Gasteiger partial charge in [0, 0.05) is 23.0 Å². The first-order valence-corrected chi connectivity index (χ1v) is 9.70. The fraction of sp³-hybridized carbons (Fsp3) is 0.263. The van der Waals surface area contributed by atoms with Crippen LogP contribution >= 0.6 is 11.8 Å². The molecule has 0 aromatic carbocycles. The van der Waals surface area contributed by atoms with Gasteiger partial charge in [-0.3, -0.25) is 9.36 Å². The molecule has 8 nitrogen and oxygen atoms in total. The minimum atomic E-state index is 0.0251. The molecule has 144 valence electrons. The van der Waals surface area contributed by atoms with E-state index in [9.17, 15) is 4.79 Å². The number of carbonyl (C=O) groups excluding carboxylic acids is 1. The van der Waals surface area contributed by atoms with E-state index in [2.05, 4.69) is 15.4 Å². The van der Waals surface area contributed by atoms with Crippen LogP contribution in [0.25, 0.3) is 5.82 Å². The van der Waals surface area contributed by atoms with Crippen LogP contribution in [-0.4, -0.2) is 36.0 Å². The molecule has 0 atom stereocenters. The number of aromatic nitrogens is 5. The molecule has 0 aliphatic carbocycles. The maximum atomic E-state index is 12.8. The van der Waals surface area contributed by atoms with Crippen LogP contribution in [0.4, 0.5) is 0 Å². The predicted molar refractivity (Wildman–Crippen MR) is 103 cm³/mol. The van der Waals surface area contributed by atoms with Crippen molar-refractivity contribution in [1.29, 1.82) is 0 Å². The van der Waals surface area contributed by atoms with Gasteiger partial charge in [-0.25, -0.2) is 0 Å². The second-order valence-electron chi connectivity index (χ2n) is 6.45. The zero-order valence-corrected chi connectivity index (χ0v) is 16.6. The summed E-state index contributed by atoms with van der Waals surface area (Å²) in [5.74, 6) is 2.50. The second kappa shape index (κ2) is 7.51. The summed E-state index contributed by atoms with van der Waals surface area (Å²) in [6.45, 7) is 6.22. The van der Waals surface area contributed by atoms with Crippen LogP contribution in [0.15, 0.2) is 51.0 Å². The third-order valence-electron chi connectivity index (χ3n) is 4.39. The fourth-order valence-corrected chi connectivity index (χ4v) is 3.90. The monoisotopic (exact) mass is 397 g/mol. The number of rotatable bonds is 7. The number of thioether (sulfide) groups is 1. The van der Waals surface area contributed by atoms with Gasteiger partial charge in [-0.15, -0.1) is 10.2 Å². The summed E-state index contributed by atoms with van der Waals surface area (Å²) < 4.78 is 14.3. The van der Waals surface area contributed by atoms with Crippen molar-refractivity contribution in [1.82, 2.24) is 24.5 Å². The zero-order valence-electron chi connectivity index (χ0n) is 15.7. The van der Waals surface area contributed by atoms with Gasteiger partial charge >= 0.3 is 0 Å². The van der Waals surface area contributed by atoms with Crippen molar-refractivity contribution in [3.8, 4) is 5.82 Å². The molecule has 0 fully saturated rings. The van der Waals surface area contributed by atoms with Crippen molar-refractivity contribution in [3.63, 3.8) is 0 Å². The van der Waals surface area contributed by atoms with E-state index in [1.165, 1.54) is 11.8 Å². The maximum absolute atomic E-state index is 12.8. The number of hydrogen-bond donors (Lipinski definition) is 0. The van der Waals surface area contributed by atoms with Crippen LogP contribution in [0.3, 0.4) is 0 Å². The number of Topliss-reactive ketones (excluding diaryl/α,β-unsaturated/α-hetero) is 1. The quantitative estimate of drug-likeness (QED) is 0.347. The molecule has 4 aromatic heterocycles. The predicted octanol–water partition coefficient (Wildman–Crippen LogP) is 3.60. The molecule has 0 unspecified atom stereocenters. The highest BCUT2D eigenvalue weighted by molar-refractivity contribution is 7.99. The number of furan rings is 1. The Balaban J connectivity index is 1.49. The molecule has 0 amide bonds. The molecule has 4 rings (SSSR count). The molecule has 0 bridgehead atoms. The largest absolute Gasteiger partial charge is 0.467 e. The highest BCUT2D eigenvalue weighted by Crippen LogP contribution is 2.24. The Morgan fingerprint density at radius 3 is 2.82 bits per heavy atom. The lowest BCUT2D eigenvalue weighted by Gasteiger charge is -2.06. The fourth-order valence-electron chi connectivity index (χ4n) is 3.10. The average Bonchev–Trinajstić information content (AvgIpc) is 3.44. The summed E-state index contributed by atoms with van der Waals surface area (Å²) in [6, 6.07) is 7.46. The third-order valence-corrected chi connectivity index (χ3v) is 5.38. The van der Waals surface area contributed by atoms with Gasteiger partial charge in [-0.1, -0.05) is 16.9 Å². The van der Waals surface area contributed by atoms with Crippen LogP contribution in [0.2, 0.25) is 0 Å². The molecule has 4 aromatic rings. The van der Waals surface area contributed by atoms with Crippen molar-refractivity contribution >= 4 is 17.5 Å². The highest BCUT2D eigenvalue weighted by atomic mass is 32.2. The molecule has 0 N–H and O–H groups in total. The lowest BCUT2D eigenvalue weighted by molar-refractivity contribution is 0.102. The first-order valence-electron chi connectivity index (χ1n) is 8.71. The van der Waals surface area contributed by atoms with Gasteiger partial charge < -0.3 is 13.5 Å². The summed E-state index contributed by atoms with van der Waals surface area (Å²) in [7, 11) is 0. The Bertz CT molecular complexity index is 1110. The Hall–Kier alpha value is -3.07. The average molecular weight is 397 g/mol. The second-order valence-corrected chi connectivity index (χ2v) is 7.39. The Kier molecular flexibility index (Phi) is 4.91. The topological polar surface area (TPSA) is 91.9 Å². The number of carbonyl (C=O) groups is 1. The van der Waals surface area contributed by atoms with Crippen molar-refractivity contribution < 1.29 is 13.7 Å². The first kappa shape index (κ1) is 18.3. The van der Waals surface area contributed by atoms with Crippen LogP contribution in [-0.2, 0) is 6.54 Å². The maximum Gasteiger partial charge on any atom is 0.191 e. The molecular weight excluding hydrogens is 378 g/mol. The van der Waals surface area contributed by atoms with E-state index in [4.69, 9.17) is 8.94 Å². The number of hydrogen-bond acceptors (Lipinski definition) is 7. The van der Waals surface area contributed by atoms with Crippen molar-refractivity contribution in [2.75, 3.05) is 5.75 Å². The number of aryl methyl sites for hydroxylation is 2. The standard InChI is InChI=1S/C19H19N5O3S/c1-12-7-16(14(3)24(12)18-8-13(2)27-22-18)17(25)10-28-19-21-20-11-23(19)9-15-5-4-6-26-15/h4-8,11H,9-10H2,1-3H3. The molecule has 28 heavy (non-hydrogen) atoms. The lowest BCUT2D eigenvalue weighted by atomic mass is 10.2. The van der Waals surface area contributed by atoms with E-state index in [0.717, 1.165) is 22.9 Å². The SMILES string of the molecule is Cc1cc(-n2c(C)cc(C(=O)CSc3nncn3Cc3ccco3)c2C)no1. The minimum Gasteiger partial charge on any atom is -0.467 e. The van der Waals surface area contributed by atoms with E-state index in [-0.39, 0.29) is 11.5 Å². The third kappa shape index (κ3) is 3.53. The van der Waals surface area contributed by atoms with Crippen molar-refractivity contribution in [2.45, 2.75) is 32.5 Å². The normalized spacial score (nSPS) is 11.2. The molecule has 0 aliphatic rings. The van der Waals surface area contributed by atoms with Crippen molar-refractivity contribution in [3.05, 3.63) is 65.3 Å². The summed E-state index contributed by atoms with van der Waals surface area (Å²) in [6.07, 6.45) is 3.26.